The molecule has 1 aliphatic rings. The van der Waals surface area contributed by atoms with Crippen molar-refractivity contribution in [2.75, 3.05) is 24.6 Å². The fraction of sp³-hybridized carbons (Fsp3) is 0.591. The molecular weight excluding hydrogens is 373 g/mol. The molecular formula is C22H30FN3O3. The Labute approximate surface area is 171 Å². The number of piperidine rings is 1. The molecule has 0 amide bonds. The van der Waals surface area contributed by atoms with Crippen LogP contribution in [0.1, 0.15) is 69.7 Å². The van der Waals surface area contributed by atoms with Gasteiger partial charge in [-0.1, -0.05) is 32.0 Å². The summed E-state index contributed by atoms with van der Waals surface area (Å²) in [5.41, 5.74) is 0.404. The van der Waals surface area contributed by atoms with Crippen molar-refractivity contribution in [3.8, 4) is 5.75 Å². The number of aromatic nitrogens is 2. The number of ether oxygens (including phenoxy) is 1. The number of halogens is 1. The van der Waals surface area contributed by atoms with Crippen molar-refractivity contribution >= 4 is 12.3 Å². The minimum Gasteiger partial charge on any atom is -0.493 e. The van der Waals surface area contributed by atoms with Crippen molar-refractivity contribution in [2.45, 2.75) is 58.3 Å². The van der Waals surface area contributed by atoms with Gasteiger partial charge in [-0.25, -0.2) is 4.39 Å². The number of benzene rings is 1. The van der Waals surface area contributed by atoms with Gasteiger partial charge in [-0.3, -0.25) is 0 Å². The molecule has 2 heterocycles. The van der Waals surface area contributed by atoms with E-state index in [0.29, 0.717) is 29.9 Å². The third kappa shape index (κ3) is 5.55. The minimum absolute atomic E-state index is 0.267. The van der Waals surface area contributed by atoms with Crippen LogP contribution < -0.4 is 9.64 Å². The van der Waals surface area contributed by atoms with Crippen molar-refractivity contribution in [2.24, 2.45) is 5.92 Å². The van der Waals surface area contributed by atoms with E-state index in [1.807, 2.05) is 0 Å². The summed E-state index contributed by atoms with van der Waals surface area (Å²) in [4.78, 5) is 17.5. The summed E-state index contributed by atoms with van der Waals surface area (Å²) in [6, 6.07) is 5.35. The van der Waals surface area contributed by atoms with Crippen LogP contribution in [-0.4, -0.2) is 36.1 Å². The highest BCUT2D eigenvalue weighted by Gasteiger charge is 2.23. The second-order valence-electron chi connectivity index (χ2n) is 8.12. The number of hydrogen-bond donors (Lipinski definition) is 0. The van der Waals surface area contributed by atoms with Crippen LogP contribution in [0.2, 0.25) is 0 Å². The summed E-state index contributed by atoms with van der Waals surface area (Å²) in [5, 5.41) is 4.04. The largest absolute Gasteiger partial charge is 0.493 e. The smallest absolute Gasteiger partial charge is 0.324 e. The number of rotatable bonds is 9. The van der Waals surface area contributed by atoms with Gasteiger partial charge in [0.2, 0.25) is 0 Å². The lowest BCUT2D eigenvalue weighted by Gasteiger charge is -2.30. The van der Waals surface area contributed by atoms with Crippen LogP contribution >= 0.6 is 0 Å². The number of aldehydes is 1. The fourth-order valence-corrected chi connectivity index (χ4v) is 3.60. The van der Waals surface area contributed by atoms with Gasteiger partial charge in [-0.15, -0.1) is 0 Å². The second kappa shape index (κ2) is 9.85. The van der Waals surface area contributed by atoms with Crippen molar-refractivity contribution in [3.63, 3.8) is 0 Å². The van der Waals surface area contributed by atoms with Gasteiger partial charge in [0.15, 0.2) is 5.82 Å². The van der Waals surface area contributed by atoms with Crippen molar-refractivity contribution in [1.82, 2.24) is 10.1 Å². The Morgan fingerprint density at radius 3 is 2.69 bits per heavy atom. The first-order valence-corrected chi connectivity index (χ1v) is 10.4. The summed E-state index contributed by atoms with van der Waals surface area (Å²) in [6.07, 6.45) is 4.93. The molecule has 0 spiro atoms. The zero-order valence-corrected chi connectivity index (χ0v) is 17.4. The number of nitrogens with zero attached hydrogens (tertiary/aromatic N) is 3. The highest BCUT2D eigenvalue weighted by atomic mass is 19.1. The number of hydrogen-bond acceptors (Lipinski definition) is 6. The zero-order valence-electron chi connectivity index (χ0n) is 17.4. The first-order valence-electron chi connectivity index (χ1n) is 10.4. The average Bonchev–Trinajstić information content (AvgIpc) is 3.22. The van der Waals surface area contributed by atoms with Gasteiger partial charge < -0.3 is 19.0 Å². The molecule has 7 heteroatoms. The molecule has 6 nitrogen and oxygen atoms in total. The number of carbonyl (C=O) groups is 1. The van der Waals surface area contributed by atoms with Crippen LogP contribution in [0.3, 0.4) is 0 Å². The average molecular weight is 403 g/mol. The highest BCUT2D eigenvalue weighted by Crippen LogP contribution is 2.27. The molecule has 158 valence electrons. The van der Waals surface area contributed by atoms with E-state index in [4.69, 9.17) is 9.26 Å². The van der Waals surface area contributed by atoms with Crippen LogP contribution in [0.15, 0.2) is 22.7 Å². The lowest BCUT2D eigenvalue weighted by molar-refractivity contribution is -0.108. The van der Waals surface area contributed by atoms with Crippen LogP contribution in [0, 0.1) is 11.7 Å². The van der Waals surface area contributed by atoms with Crippen molar-refractivity contribution < 1.29 is 18.4 Å². The lowest BCUT2D eigenvalue weighted by Crippen LogP contribution is -2.34. The minimum atomic E-state index is -0.445. The third-order valence-electron chi connectivity index (χ3n) is 5.52. The molecule has 1 saturated heterocycles. The van der Waals surface area contributed by atoms with E-state index in [1.165, 1.54) is 6.07 Å². The lowest BCUT2D eigenvalue weighted by atomic mass is 9.92. The molecule has 0 bridgehead atoms. The molecule has 1 atom stereocenters. The van der Waals surface area contributed by atoms with E-state index in [0.717, 1.165) is 50.9 Å². The number of anilines is 1. The maximum Gasteiger partial charge on any atom is 0.324 e. The van der Waals surface area contributed by atoms with Gasteiger partial charge in [-0.2, -0.15) is 4.98 Å². The Balaban J connectivity index is 1.37. The Morgan fingerprint density at radius 2 is 2.07 bits per heavy atom. The summed E-state index contributed by atoms with van der Waals surface area (Å²) in [5.74, 6) is 1.34. The van der Waals surface area contributed by atoms with E-state index in [9.17, 15) is 9.18 Å². The standard InChI is InChI=1S/C22H30FN3O3/c1-15(2)21-24-22(29-25-21)26-10-8-17(9-11-26)5-4-12-28-18-6-7-19(16(3)14-27)20(23)13-18/h6-7,13-17H,4-5,8-12H2,1-3H3. The van der Waals surface area contributed by atoms with Crippen LogP contribution in [0.4, 0.5) is 10.4 Å². The normalized spacial score (nSPS) is 16.2. The molecule has 0 aliphatic carbocycles. The molecule has 1 aromatic heterocycles. The fourth-order valence-electron chi connectivity index (χ4n) is 3.60. The Morgan fingerprint density at radius 1 is 1.31 bits per heavy atom. The van der Waals surface area contributed by atoms with E-state index < -0.39 is 11.7 Å². The van der Waals surface area contributed by atoms with Gasteiger partial charge in [-0.05, 0) is 43.2 Å². The molecule has 0 radical (unpaired) electrons. The van der Waals surface area contributed by atoms with E-state index >= 15 is 0 Å². The van der Waals surface area contributed by atoms with Crippen molar-refractivity contribution in [3.05, 3.63) is 35.4 Å². The maximum atomic E-state index is 14.0. The third-order valence-corrected chi connectivity index (χ3v) is 5.52. The van der Waals surface area contributed by atoms with Crippen molar-refractivity contribution in [1.29, 1.82) is 0 Å². The predicted molar refractivity (Wildman–Crippen MR) is 109 cm³/mol. The molecule has 0 saturated carbocycles. The molecule has 0 N–H and O–H groups in total. The molecule has 1 unspecified atom stereocenters. The van der Waals surface area contributed by atoms with Crippen LogP contribution in [0.25, 0.3) is 0 Å². The van der Waals surface area contributed by atoms with Crippen LogP contribution in [0.5, 0.6) is 5.75 Å². The monoisotopic (exact) mass is 403 g/mol. The second-order valence-corrected chi connectivity index (χ2v) is 8.12. The van der Waals surface area contributed by atoms with Gasteiger partial charge in [0.1, 0.15) is 17.9 Å². The van der Waals surface area contributed by atoms with Crippen LogP contribution in [-0.2, 0) is 4.79 Å². The summed E-state index contributed by atoms with van der Waals surface area (Å²) < 4.78 is 25.1. The molecule has 2 aromatic rings. The van der Waals surface area contributed by atoms with E-state index in [-0.39, 0.29) is 5.92 Å². The summed E-state index contributed by atoms with van der Waals surface area (Å²) >= 11 is 0. The Kier molecular flexibility index (Phi) is 7.23. The molecule has 1 aliphatic heterocycles. The summed E-state index contributed by atoms with van der Waals surface area (Å²) in [7, 11) is 0. The molecule has 3 rings (SSSR count). The van der Waals surface area contributed by atoms with Gasteiger partial charge >= 0.3 is 6.01 Å². The van der Waals surface area contributed by atoms with Gasteiger partial charge in [0, 0.05) is 31.0 Å². The Hall–Kier alpha value is -2.44. The van der Waals surface area contributed by atoms with Gasteiger partial charge in [0.25, 0.3) is 0 Å². The van der Waals surface area contributed by atoms with Gasteiger partial charge in [0.05, 0.1) is 6.61 Å². The Bertz CT molecular complexity index is 800. The highest BCUT2D eigenvalue weighted by molar-refractivity contribution is 5.61. The van der Waals surface area contributed by atoms with E-state index in [2.05, 4.69) is 28.9 Å². The summed E-state index contributed by atoms with van der Waals surface area (Å²) in [6.45, 7) is 8.19. The zero-order chi connectivity index (χ0) is 20.8. The number of carbonyl (C=O) groups excluding carboxylic acids is 1. The SMILES string of the molecule is CC(C)c1noc(N2CCC(CCCOc3ccc(C(C)C=O)c(F)c3)CC2)n1. The quantitative estimate of drug-likeness (QED) is 0.446. The molecule has 29 heavy (non-hydrogen) atoms. The maximum absolute atomic E-state index is 14.0. The van der Waals surface area contributed by atoms with E-state index in [1.54, 1.807) is 19.1 Å². The molecule has 1 aromatic carbocycles. The topological polar surface area (TPSA) is 68.5 Å². The predicted octanol–water partition coefficient (Wildman–Crippen LogP) is 4.71. The first-order chi connectivity index (χ1) is 14.0. The first kappa shape index (κ1) is 21.3. The molecule has 1 fully saturated rings.